The van der Waals surface area contributed by atoms with Crippen LogP contribution in [-0.4, -0.2) is 16.5 Å². The summed E-state index contributed by atoms with van der Waals surface area (Å²) >= 11 is 0. The van der Waals surface area contributed by atoms with Crippen LogP contribution in [0.15, 0.2) is 48.5 Å². The molecule has 0 saturated carbocycles. The monoisotopic (exact) mass is 293 g/mol. The predicted molar refractivity (Wildman–Crippen MR) is 92.0 cm³/mol. The molecule has 0 bridgehead atoms. The number of benzene rings is 2. The number of fused-ring (bicyclic) bond motifs is 1. The Bertz CT molecular complexity index is 693. The van der Waals surface area contributed by atoms with E-state index in [9.17, 15) is 0 Å². The van der Waals surface area contributed by atoms with Crippen LogP contribution < -0.4 is 5.32 Å². The fraction of sp³-hybridized carbons (Fsp3) is 0.316. The highest BCUT2D eigenvalue weighted by molar-refractivity contribution is 5.74. The second kappa shape index (κ2) is 6.75. The third kappa shape index (κ3) is 3.55. The number of nitrogens with zero attached hydrogens (tertiary/aromatic N) is 1. The maximum absolute atomic E-state index is 4.59. The quantitative estimate of drug-likeness (QED) is 0.674. The van der Waals surface area contributed by atoms with E-state index in [2.05, 4.69) is 59.5 Å². The zero-order valence-electron chi connectivity index (χ0n) is 13.3. The fourth-order valence-corrected chi connectivity index (χ4v) is 2.58. The van der Waals surface area contributed by atoms with E-state index >= 15 is 0 Å². The third-order valence-electron chi connectivity index (χ3n) is 3.95. The van der Waals surface area contributed by atoms with Crippen molar-refractivity contribution in [3.63, 3.8) is 0 Å². The van der Waals surface area contributed by atoms with Gasteiger partial charge in [0.05, 0.1) is 11.0 Å². The van der Waals surface area contributed by atoms with Crippen LogP contribution in [0.4, 0.5) is 0 Å². The van der Waals surface area contributed by atoms with Crippen LogP contribution in [0, 0.1) is 0 Å². The van der Waals surface area contributed by atoms with Crippen LogP contribution in [0.2, 0.25) is 0 Å². The van der Waals surface area contributed by atoms with Crippen molar-refractivity contribution in [2.24, 2.45) is 0 Å². The topological polar surface area (TPSA) is 40.7 Å². The molecule has 0 unspecified atom stereocenters. The van der Waals surface area contributed by atoms with Gasteiger partial charge in [0.2, 0.25) is 0 Å². The van der Waals surface area contributed by atoms with E-state index in [0.717, 1.165) is 36.4 Å². The Morgan fingerprint density at radius 2 is 1.82 bits per heavy atom. The minimum atomic E-state index is 0.593. The number of imidazole rings is 1. The number of aromatic amines is 1. The number of rotatable bonds is 6. The molecular formula is C19H23N3. The molecule has 2 aromatic carbocycles. The normalized spacial score (nSPS) is 11.4. The molecule has 3 heteroatoms. The minimum absolute atomic E-state index is 0.593. The Hall–Kier alpha value is -2.13. The number of hydrogen-bond donors (Lipinski definition) is 2. The lowest BCUT2D eigenvalue weighted by Crippen LogP contribution is -2.17. The summed E-state index contributed by atoms with van der Waals surface area (Å²) < 4.78 is 0. The van der Waals surface area contributed by atoms with Gasteiger partial charge in [-0.05, 0) is 29.2 Å². The predicted octanol–water partition coefficient (Wildman–Crippen LogP) is 4.02. The second-order valence-corrected chi connectivity index (χ2v) is 6.02. The number of H-pyrrole nitrogens is 1. The van der Waals surface area contributed by atoms with Gasteiger partial charge in [-0.3, -0.25) is 0 Å². The van der Waals surface area contributed by atoms with E-state index in [1.165, 1.54) is 11.1 Å². The molecule has 0 aliphatic heterocycles. The molecule has 0 amide bonds. The number of nitrogens with one attached hydrogen (secondary N) is 2. The van der Waals surface area contributed by atoms with Crippen molar-refractivity contribution >= 4 is 11.0 Å². The van der Waals surface area contributed by atoms with Crippen molar-refractivity contribution in [3.05, 3.63) is 65.5 Å². The van der Waals surface area contributed by atoms with E-state index in [1.807, 2.05) is 18.2 Å². The van der Waals surface area contributed by atoms with Gasteiger partial charge in [0, 0.05) is 19.5 Å². The van der Waals surface area contributed by atoms with E-state index in [0.29, 0.717) is 5.92 Å². The molecule has 1 aromatic heterocycles. The van der Waals surface area contributed by atoms with Crippen LogP contribution in [0.3, 0.4) is 0 Å². The first-order valence-corrected chi connectivity index (χ1v) is 7.95. The maximum atomic E-state index is 4.59. The highest BCUT2D eigenvalue weighted by atomic mass is 14.9. The van der Waals surface area contributed by atoms with Gasteiger partial charge in [-0.1, -0.05) is 50.2 Å². The molecule has 3 rings (SSSR count). The van der Waals surface area contributed by atoms with Crippen molar-refractivity contribution < 1.29 is 0 Å². The summed E-state index contributed by atoms with van der Waals surface area (Å²) in [5.41, 5.74) is 4.88. The fourth-order valence-electron chi connectivity index (χ4n) is 2.58. The lowest BCUT2D eigenvalue weighted by Gasteiger charge is -2.07. The number of para-hydroxylation sites is 2. The van der Waals surface area contributed by atoms with Crippen LogP contribution in [-0.2, 0) is 13.0 Å². The SMILES string of the molecule is CC(C)c1ccc(CNCCc2nc3ccccc3[nH]2)cc1. The molecule has 0 aliphatic rings. The lowest BCUT2D eigenvalue weighted by molar-refractivity contribution is 0.674. The van der Waals surface area contributed by atoms with Crippen molar-refractivity contribution in [3.8, 4) is 0 Å². The van der Waals surface area contributed by atoms with Gasteiger partial charge in [0.25, 0.3) is 0 Å². The molecule has 0 aliphatic carbocycles. The summed E-state index contributed by atoms with van der Waals surface area (Å²) in [6.45, 7) is 6.27. The lowest BCUT2D eigenvalue weighted by atomic mass is 10.0. The molecule has 22 heavy (non-hydrogen) atoms. The number of hydrogen-bond acceptors (Lipinski definition) is 2. The Labute approximate surface area is 131 Å². The average molecular weight is 293 g/mol. The van der Waals surface area contributed by atoms with E-state index < -0.39 is 0 Å². The summed E-state index contributed by atoms with van der Waals surface area (Å²) in [5.74, 6) is 1.64. The van der Waals surface area contributed by atoms with Crippen molar-refractivity contribution in [1.82, 2.24) is 15.3 Å². The molecule has 2 N–H and O–H groups in total. The van der Waals surface area contributed by atoms with Crippen molar-refractivity contribution in [2.75, 3.05) is 6.54 Å². The Balaban J connectivity index is 1.48. The zero-order chi connectivity index (χ0) is 15.4. The maximum Gasteiger partial charge on any atom is 0.108 e. The van der Waals surface area contributed by atoms with Gasteiger partial charge in [-0.25, -0.2) is 4.98 Å². The van der Waals surface area contributed by atoms with Gasteiger partial charge in [-0.15, -0.1) is 0 Å². The Morgan fingerprint density at radius 1 is 1.05 bits per heavy atom. The van der Waals surface area contributed by atoms with Crippen LogP contribution in [0.5, 0.6) is 0 Å². The largest absolute Gasteiger partial charge is 0.342 e. The van der Waals surface area contributed by atoms with Crippen LogP contribution in [0.25, 0.3) is 11.0 Å². The summed E-state index contributed by atoms with van der Waals surface area (Å²) in [4.78, 5) is 7.96. The molecular weight excluding hydrogens is 270 g/mol. The van der Waals surface area contributed by atoms with Crippen molar-refractivity contribution in [2.45, 2.75) is 32.7 Å². The first kappa shape index (κ1) is 14.8. The van der Waals surface area contributed by atoms with Crippen LogP contribution in [0.1, 0.15) is 36.7 Å². The van der Waals surface area contributed by atoms with E-state index in [-0.39, 0.29) is 0 Å². The third-order valence-corrected chi connectivity index (χ3v) is 3.95. The highest BCUT2D eigenvalue weighted by Crippen LogP contribution is 2.14. The van der Waals surface area contributed by atoms with Gasteiger partial charge in [-0.2, -0.15) is 0 Å². The van der Waals surface area contributed by atoms with E-state index in [1.54, 1.807) is 0 Å². The van der Waals surface area contributed by atoms with Gasteiger partial charge in [0.15, 0.2) is 0 Å². The standard InChI is InChI=1S/C19H23N3/c1-14(2)16-9-7-15(8-10-16)13-20-12-11-19-21-17-5-3-4-6-18(17)22-19/h3-10,14,20H,11-13H2,1-2H3,(H,21,22). The highest BCUT2D eigenvalue weighted by Gasteiger charge is 2.02. The van der Waals surface area contributed by atoms with Gasteiger partial charge >= 0.3 is 0 Å². The molecule has 3 aromatic rings. The molecule has 0 radical (unpaired) electrons. The van der Waals surface area contributed by atoms with E-state index in [4.69, 9.17) is 0 Å². The Morgan fingerprint density at radius 3 is 2.55 bits per heavy atom. The summed E-state index contributed by atoms with van der Waals surface area (Å²) in [7, 11) is 0. The molecule has 114 valence electrons. The summed E-state index contributed by atoms with van der Waals surface area (Å²) in [6.07, 6.45) is 0.915. The van der Waals surface area contributed by atoms with Crippen LogP contribution >= 0.6 is 0 Å². The second-order valence-electron chi connectivity index (χ2n) is 6.02. The molecule has 1 heterocycles. The van der Waals surface area contributed by atoms with Crippen molar-refractivity contribution in [1.29, 1.82) is 0 Å². The smallest absolute Gasteiger partial charge is 0.108 e. The zero-order valence-corrected chi connectivity index (χ0v) is 13.3. The molecule has 3 nitrogen and oxygen atoms in total. The minimum Gasteiger partial charge on any atom is -0.342 e. The van der Waals surface area contributed by atoms with Gasteiger partial charge in [0.1, 0.15) is 5.82 Å². The molecule has 0 spiro atoms. The molecule has 0 atom stereocenters. The molecule has 0 fully saturated rings. The first-order valence-electron chi connectivity index (χ1n) is 7.95. The Kier molecular flexibility index (Phi) is 4.54. The number of aromatic nitrogens is 2. The first-order chi connectivity index (χ1) is 10.7. The van der Waals surface area contributed by atoms with Gasteiger partial charge < -0.3 is 10.3 Å². The average Bonchev–Trinajstić information content (AvgIpc) is 2.95. The summed E-state index contributed by atoms with van der Waals surface area (Å²) in [5, 5.41) is 3.48. The molecule has 0 saturated heterocycles. The summed E-state index contributed by atoms with van der Waals surface area (Å²) in [6, 6.07) is 17.0.